The molecule has 1 aromatic carbocycles. The monoisotopic (exact) mass is 400 g/mol. The summed E-state index contributed by atoms with van der Waals surface area (Å²) in [7, 11) is 1.73. The summed E-state index contributed by atoms with van der Waals surface area (Å²) in [6.45, 7) is 2.44. The van der Waals surface area contributed by atoms with Gasteiger partial charge in [0.1, 0.15) is 17.0 Å². The SMILES string of the molecule is CCOc1ccccc1-n1nnnc1SCC(=O)N(C)C1(C#N)CCCCC1. The van der Waals surface area contributed by atoms with Gasteiger partial charge in [0.05, 0.1) is 18.4 Å². The molecule has 1 fully saturated rings. The number of nitriles is 1. The minimum atomic E-state index is -0.691. The summed E-state index contributed by atoms with van der Waals surface area (Å²) >= 11 is 1.26. The van der Waals surface area contributed by atoms with Crippen molar-refractivity contribution in [3.63, 3.8) is 0 Å². The highest BCUT2D eigenvalue weighted by atomic mass is 32.2. The van der Waals surface area contributed by atoms with Crippen LogP contribution < -0.4 is 4.74 Å². The van der Waals surface area contributed by atoms with Crippen molar-refractivity contribution in [1.82, 2.24) is 25.1 Å². The minimum absolute atomic E-state index is 0.0962. The molecular weight excluding hydrogens is 376 g/mol. The molecule has 9 heteroatoms. The molecule has 148 valence electrons. The van der Waals surface area contributed by atoms with Crippen molar-refractivity contribution in [2.24, 2.45) is 0 Å². The predicted octanol–water partition coefficient (Wildman–Crippen LogP) is 2.84. The Labute approximate surface area is 168 Å². The lowest BCUT2D eigenvalue weighted by Crippen LogP contribution is -2.50. The maximum absolute atomic E-state index is 12.8. The number of carbonyl (C=O) groups is 1. The molecule has 2 aromatic rings. The Balaban J connectivity index is 1.72. The number of hydrogen-bond donors (Lipinski definition) is 0. The summed E-state index contributed by atoms with van der Waals surface area (Å²) in [4.78, 5) is 14.4. The first kappa shape index (κ1) is 20.1. The lowest BCUT2D eigenvalue weighted by atomic mass is 9.81. The van der Waals surface area contributed by atoms with Crippen LogP contribution in [-0.4, -0.2) is 56.0 Å². The molecule has 1 aliphatic rings. The lowest BCUT2D eigenvalue weighted by molar-refractivity contribution is -0.131. The van der Waals surface area contributed by atoms with E-state index in [2.05, 4.69) is 21.6 Å². The van der Waals surface area contributed by atoms with Crippen LogP contribution in [0.2, 0.25) is 0 Å². The first-order chi connectivity index (χ1) is 13.6. The Hall–Kier alpha value is -2.60. The van der Waals surface area contributed by atoms with Crippen molar-refractivity contribution >= 4 is 17.7 Å². The van der Waals surface area contributed by atoms with E-state index < -0.39 is 5.54 Å². The van der Waals surface area contributed by atoms with Crippen molar-refractivity contribution in [3.8, 4) is 17.5 Å². The highest BCUT2D eigenvalue weighted by molar-refractivity contribution is 7.99. The molecule has 1 aliphatic carbocycles. The second-order valence-electron chi connectivity index (χ2n) is 6.72. The number of benzene rings is 1. The number of amides is 1. The van der Waals surface area contributed by atoms with Gasteiger partial charge in [-0.25, -0.2) is 0 Å². The van der Waals surface area contributed by atoms with Crippen LogP contribution >= 0.6 is 11.8 Å². The second-order valence-corrected chi connectivity index (χ2v) is 7.66. The summed E-state index contributed by atoms with van der Waals surface area (Å²) < 4.78 is 7.22. The quantitative estimate of drug-likeness (QED) is 0.659. The number of thioether (sulfide) groups is 1. The maximum atomic E-state index is 12.8. The summed E-state index contributed by atoms with van der Waals surface area (Å²) in [5, 5.41) is 22.0. The van der Waals surface area contributed by atoms with Gasteiger partial charge in [-0.05, 0) is 42.3 Å². The van der Waals surface area contributed by atoms with Crippen molar-refractivity contribution in [3.05, 3.63) is 24.3 Å². The topological polar surface area (TPSA) is 96.9 Å². The van der Waals surface area contributed by atoms with Gasteiger partial charge in [0.25, 0.3) is 0 Å². The molecule has 0 bridgehead atoms. The molecule has 28 heavy (non-hydrogen) atoms. The van der Waals surface area contributed by atoms with E-state index >= 15 is 0 Å². The smallest absolute Gasteiger partial charge is 0.234 e. The molecule has 1 aromatic heterocycles. The molecule has 0 radical (unpaired) electrons. The predicted molar refractivity (Wildman–Crippen MR) is 105 cm³/mol. The Morgan fingerprint density at radius 2 is 2.11 bits per heavy atom. The molecule has 0 aliphatic heterocycles. The van der Waals surface area contributed by atoms with Gasteiger partial charge in [-0.15, -0.1) is 5.10 Å². The van der Waals surface area contributed by atoms with Gasteiger partial charge in [-0.1, -0.05) is 43.2 Å². The average Bonchev–Trinajstić information content (AvgIpc) is 3.21. The Kier molecular flexibility index (Phi) is 6.52. The number of tetrazole rings is 1. The second kappa shape index (κ2) is 9.06. The van der Waals surface area contributed by atoms with Crippen LogP contribution in [-0.2, 0) is 4.79 Å². The summed E-state index contributed by atoms with van der Waals surface area (Å²) in [6.07, 6.45) is 4.54. The first-order valence-electron chi connectivity index (χ1n) is 9.42. The van der Waals surface area contributed by atoms with Crippen molar-refractivity contribution in [2.75, 3.05) is 19.4 Å². The summed E-state index contributed by atoms with van der Waals surface area (Å²) in [5.74, 6) is 0.742. The fourth-order valence-corrected chi connectivity index (χ4v) is 4.25. The van der Waals surface area contributed by atoms with E-state index in [1.54, 1.807) is 16.6 Å². The van der Waals surface area contributed by atoms with Crippen LogP contribution in [0.1, 0.15) is 39.0 Å². The molecule has 1 amide bonds. The van der Waals surface area contributed by atoms with E-state index in [0.717, 1.165) is 37.8 Å². The molecule has 0 unspecified atom stereocenters. The standard InChI is InChI=1S/C19H24N6O2S/c1-3-27-16-10-6-5-9-15(16)25-18(21-22-23-25)28-13-17(26)24(2)19(14-20)11-7-4-8-12-19/h5-6,9-10H,3-4,7-8,11-13H2,1-2H3. The van der Waals surface area contributed by atoms with Gasteiger partial charge in [0.15, 0.2) is 0 Å². The number of ether oxygens (including phenoxy) is 1. The number of hydrogen-bond acceptors (Lipinski definition) is 7. The Morgan fingerprint density at radius 1 is 1.36 bits per heavy atom. The normalized spacial score (nSPS) is 15.6. The molecule has 0 N–H and O–H groups in total. The van der Waals surface area contributed by atoms with E-state index in [4.69, 9.17) is 4.74 Å². The van der Waals surface area contributed by atoms with Gasteiger partial charge in [-0.2, -0.15) is 9.94 Å². The third kappa shape index (κ3) is 4.12. The Morgan fingerprint density at radius 3 is 2.82 bits per heavy atom. The minimum Gasteiger partial charge on any atom is -0.492 e. The van der Waals surface area contributed by atoms with Gasteiger partial charge in [0.2, 0.25) is 11.1 Å². The highest BCUT2D eigenvalue weighted by Gasteiger charge is 2.38. The van der Waals surface area contributed by atoms with Crippen LogP contribution in [0.3, 0.4) is 0 Å². The lowest BCUT2D eigenvalue weighted by Gasteiger charge is -2.39. The average molecular weight is 401 g/mol. The van der Waals surface area contributed by atoms with Crippen molar-refractivity contribution in [2.45, 2.75) is 49.7 Å². The van der Waals surface area contributed by atoms with Crippen LogP contribution in [0.25, 0.3) is 5.69 Å². The molecular formula is C19H24N6O2S. The van der Waals surface area contributed by atoms with Crippen LogP contribution in [0.5, 0.6) is 5.75 Å². The third-order valence-electron chi connectivity index (χ3n) is 5.06. The van der Waals surface area contributed by atoms with Crippen LogP contribution in [0.15, 0.2) is 29.4 Å². The number of para-hydroxylation sites is 2. The summed E-state index contributed by atoms with van der Waals surface area (Å²) in [6, 6.07) is 9.87. The molecule has 0 saturated heterocycles. The van der Waals surface area contributed by atoms with Gasteiger partial charge in [-0.3, -0.25) is 4.79 Å². The largest absolute Gasteiger partial charge is 0.492 e. The van der Waals surface area contributed by atoms with E-state index in [1.807, 2.05) is 31.2 Å². The maximum Gasteiger partial charge on any atom is 0.234 e. The first-order valence-corrected chi connectivity index (χ1v) is 10.4. The summed E-state index contributed by atoms with van der Waals surface area (Å²) in [5.41, 5.74) is 0.0297. The molecule has 1 saturated carbocycles. The van der Waals surface area contributed by atoms with Gasteiger partial charge < -0.3 is 9.64 Å². The number of aromatic nitrogens is 4. The number of carbonyl (C=O) groups excluding carboxylic acids is 1. The zero-order chi connectivity index (χ0) is 20.0. The molecule has 1 heterocycles. The zero-order valence-electron chi connectivity index (χ0n) is 16.2. The molecule has 0 atom stereocenters. The van der Waals surface area contributed by atoms with Crippen LogP contribution in [0, 0.1) is 11.3 Å². The van der Waals surface area contributed by atoms with Crippen molar-refractivity contribution in [1.29, 1.82) is 5.26 Å². The number of nitrogens with zero attached hydrogens (tertiary/aromatic N) is 6. The highest BCUT2D eigenvalue weighted by Crippen LogP contribution is 2.33. The van der Waals surface area contributed by atoms with E-state index in [-0.39, 0.29) is 11.7 Å². The van der Waals surface area contributed by atoms with Crippen molar-refractivity contribution < 1.29 is 9.53 Å². The number of rotatable bonds is 7. The van der Waals surface area contributed by atoms with Crippen LogP contribution in [0.4, 0.5) is 0 Å². The van der Waals surface area contributed by atoms with E-state index in [1.165, 1.54) is 11.8 Å². The fourth-order valence-electron chi connectivity index (χ4n) is 3.45. The fraction of sp³-hybridized carbons (Fsp3) is 0.526. The van der Waals surface area contributed by atoms with E-state index in [0.29, 0.717) is 17.5 Å². The van der Waals surface area contributed by atoms with E-state index in [9.17, 15) is 10.1 Å². The molecule has 0 spiro atoms. The zero-order valence-corrected chi connectivity index (χ0v) is 17.0. The molecule has 3 rings (SSSR count). The Bertz CT molecular complexity index is 856. The van der Waals surface area contributed by atoms with Gasteiger partial charge >= 0.3 is 0 Å². The third-order valence-corrected chi connectivity index (χ3v) is 5.97. The van der Waals surface area contributed by atoms with Gasteiger partial charge in [0, 0.05) is 7.05 Å². The molecule has 8 nitrogen and oxygen atoms in total.